The molecule has 0 saturated carbocycles. The van der Waals surface area contributed by atoms with E-state index in [1.165, 1.54) is 31.2 Å². The number of nitrogens with one attached hydrogen (secondary N) is 1. The highest BCUT2D eigenvalue weighted by Gasteiger charge is 2.09. The first kappa shape index (κ1) is 13.0. The first-order valence-electron chi connectivity index (χ1n) is 7.34. The van der Waals surface area contributed by atoms with Crippen LogP contribution in [0, 0.1) is 0 Å². The zero-order valence-electron chi connectivity index (χ0n) is 12.0. The average molecular weight is 267 g/mol. The third-order valence-corrected chi connectivity index (χ3v) is 3.98. The topological polar surface area (TPSA) is 21.3 Å². The smallest absolute Gasteiger partial charge is 0.120 e. The molecule has 0 radical (unpaired) electrons. The van der Waals surface area contributed by atoms with Gasteiger partial charge in [0.2, 0.25) is 0 Å². The molecular formula is C18H21NO. The second-order valence-electron chi connectivity index (χ2n) is 5.40. The lowest BCUT2D eigenvalue weighted by molar-refractivity contribution is 0.415. The third-order valence-electron chi connectivity index (χ3n) is 3.98. The lowest BCUT2D eigenvalue weighted by Crippen LogP contribution is -2.05. The Morgan fingerprint density at radius 2 is 1.85 bits per heavy atom. The van der Waals surface area contributed by atoms with Gasteiger partial charge in [0.1, 0.15) is 5.75 Å². The summed E-state index contributed by atoms with van der Waals surface area (Å²) in [6.07, 6.45) is 5.16. The number of hydrogen-bond donors (Lipinski definition) is 1. The van der Waals surface area contributed by atoms with Gasteiger partial charge in [0.15, 0.2) is 0 Å². The molecular weight excluding hydrogens is 246 g/mol. The Balaban J connectivity index is 1.68. The van der Waals surface area contributed by atoms with E-state index in [0.29, 0.717) is 0 Å². The maximum absolute atomic E-state index is 5.24. The van der Waals surface area contributed by atoms with Crippen molar-refractivity contribution in [1.29, 1.82) is 0 Å². The molecule has 2 aromatic rings. The number of ether oxygens (including phenoxy) is 1. The van der Waals surface area contributed by atoms with E-state index in [9.17, 15) is 0 Å². The average Bonchev–Trinajstić information content (AvgIpc) is 2.53. The number of methoxy groups -OCH3 is 1. The number of anilines is 1. The van der Waals surface area contributed by atoms with E-state index < -0.39 is 0 Å². The van der Waals surface area contributed by atoms with Crippen molar-refractivity contribution in [3.63, 3.8) is 0 Å². The minimum atomic E-state index is 0.862. The SMILES string of the molecule is COc1cccc(NCc2ccc3c(c2)CCCC3)c1. The minimum Gasteiger partial charge on any atom is -0.497 e. The highest BCUT2D eigenvalue weighted by molar-refractivity contribution is 5.48. The molecule has 20 heavy (non-hydrogen) atoms. The predicted octanol–water partition coefficient (Wildman–Crippen LogP) is 4.19. The lowest BCUT2D eigenvalue weighted by atomic mass is 9.90. The molecule has 104 valence electrons. The summed E-state index contributed by atoms with van der Waals surface area (Å²) in [5.74, 6) is 0.889. The van der Waals surface area contributed by atoms with E-state index in [4.69, 9.17) is 4.74 Å². The summed E-state index contributed by atoms with van der Waals surface area (Å²) in [7, 11) is 1.70. The molecule has 0 heterocycles. The predicted molar refractivity (Wildman–Crippen MR) is 83.4 cm³/mol. The second-order valence-corrected chi connectivity index (χ2v) is 5.40. The Kier molecular flexibility index (Phi) is 3.91. The van der Waals surface area contributed by atoms with Crippen molar-refractivity contribution < 1.29 is 4.74 Å². The highest BCUT2D eigenvalue weighted by atomic mass is 16.5. The Bertz CT molecular complexity index is 592. The summed E-state index contributed by atoms with van der Waals surface area (Å²) in [6, 6.07) is 15.0. The fourth-order valence-corrected chi connectivity index (χ4v) is 2.83. The van der Waals surface area contributed by atoms with E-state index in [1.54, 1.807) is 18.2 Å². The Morgan fingerprint density at radius 1 is 1.00 bits per heavy atom. The van der Waals surface area contributed by atoms with Crippen molar-refractivity contribution in [2.45, 2.75) is 32.2 Å². The first-order valence-corrected chi connectivity index (χ1v) is 7.34. The van der Waals surface area contributed by atoms with Crippen LogP contribution >= 0.6 is 0 Å². The van der Waals surface area contributed by atoms with Gasteiger partial charge in [-0.1, -0.05) is 24.3 Å². The van der Waals surface area contributed by atoms with Gasteiger partial charge < -0.3 is 10.1 Å². The van der Waals surface area contributed by atoms with Crippen LogP contribution in [0.25, 0.3) is 0 Å². The molecule has 3 rings (SSSR count). The molecule has 0 unspecified atom stereocenters. The van der Waals surface area contributed by atoms with E-state index in [-0.39, 0.29) is 0 Å². The standard InChI is InChI=1S/C18H21NO/c1-20-18-8-4-7-17(12-18)19-13-14-9-10-15-5-2-3-6-16(15)11-14/h4,7-12,19H,2-3,5-6,13H2,1H3. The van der Waals surface area contributed by atoms with Gasteiger partial charge in [-0.05, 0) is 54.5 Å². The molecule has 0 atom stereocenters. The second kappa shape index (κ2) is 6.00. The van der Waals surface area contributed by atoms with Gasteiger partial charge in [-0.3, -0.25) is 0 Å². The van der Waals surface area contributed by atoms with Crippen LogP contribution in [0.15, 0.2) is 42.5 Å². The van der Waals surface area contributed by atoms with Crippen LogP contribution in [-0.2, 0) is 19.4 Å². The van der Waals surface area contributed by atoms with Crippen LogP contribution in [0.1, 0.15) is 29.5 Å². The summed E-state index contributed by atoms with van der Waals surface area (Å²) in [4.78, 5) is 0. The fourth-order valence-electron chi connectivity index (χ4n) is 2.83. The van der Waals surface area contributed by atoms with Crippen LogP contribution in [-0.4, -0.2) is 7.11 Å². The maximum Gasteiger partial charge on any atom is 0.120 e. The molecule has 2 heteroatoms. The van der Waals surface area contributed by atoms with Gasteiger partial charge in [0.25, 0.3) is 0 Å². The minimum absolute atomic E-state index is 0.862. The first-order chi connectivity index (χ1) is 9.85. The quantitative estimate of drug-likeness (QED) is 0.897. The molecule has 2 nitrogen and oxygen atoms in total. The monoisotopic (exact) mass is 267 g/mol. The molecule has 0 aromatic heterocycles. The summed E-state index contributed by atoms with van der Waals surface area (Å²) >= 11 is 0. The van der Waals surface area contributed by atoms with Crippen LogP contribution in [0.5, 0.6) is 5.75 Å². The summed E-state index contributed by atoms with van der Waals surface area (Å²) in [6.45, 7) is 0.862. The molecule has 1 aliphatic carbocycles. The normalized spacial score (nSPS) is 13.7. The van der Waals surface area contributed by atoms with Gasteiger partial charge in [0, 0.05) is 18.3 Å². The van der Waals surface area contributed by atoms with Crippen molar-refractivity contribution >= 4 is 5.69 Å². The number of hydrogen-bond acceptors (Lipinski definition) is 2. The van der Waals surface area contributed by atoms with Crippen molar-refractivity contribution in [2.24, 2.45) is 0 Å². The van der Waals surface area contributed by atoms with Crippen LogP contribution < -0.4 is 10.1 Å². The molecule has 0 amide bonds. The summed E-state index contributed by atoms with van der Waals surface area (Å²) in [5, 5.41) is 3.46. The van der Waals surface area contributed by atoms with E-state index in [0.717, 1.165) is 18.0 Å². The Hall–Kier alpha value is -1.96. The number of aryl methyl sites for hydroxylation is 2. The number of rotatable bonds is 4. The summed E-state index contributed by atoms with van der Waals surface area (Å²) in [5.41, 5.74) is 5.54. The van der Waals surface area contributed by atoms with Gasteiger partial charge >= 0.3 is 0 Å². The lowest BCUT2D eigenvalue weighted by Gasteiger charge is -2.17. The molecule has 0 spiro atoms. The molecule has 1 aliphatic rings. The van der Waals surface area contributed by atoms with Gasteiger partial charge in [0.05, 0.1) is 7.11 Å². The van der Waals surface area contributed by atoms with Crippen LogP contribution in [0.4, 0.5) is 5.69 Å². The van der Waals surface area contributed by atoms with Crippen LogP contribution in [0.2, 0.25) is 0 Å². The van der Waals surface area contributed by atoms with Crippen molar-refractivity contribution in [3.05, 3.63) is 59.2 Å². The summed E-state index contributed by atoms with van der Waals surface area (Å²) < 4.78 is 5.24. The van der Waals surface area contributed by atoms with Crippen molar-refractivity contribution in [2.75, 3.05) is 12.4 Å². The van der Waals surface area contributed by atoms with Gasteiger partial charge in [-0.25, -0.2) is 0 Å². The number of fused-ring (bicyclic) bond motifs is 1. The van der Waals surface area contributed by atoms with E-state index in [1.807, 2.05) is 18.2 Å². The molecule has 2 aromatic carbocycles. The molecule has 0 aliphatic heterocycles. The molecule has 1 N–H and O–H groups in total. The zero-order valence-corrected chi connectivity index (χ0v) is 12.0. The molecule has 0 fully saturated rings. The van der Waals surface area contributed by atoms with Crippen LogP contribution in [0.3, 0.4) is 0 Å². The largest absolute Gasteiger partial charge is 0.497 e. The highest BCUT2D eigenvalue weighted by Crippen LogP contribution is 2.23. The third kappa shape index (κ3) is 2.96. The van der Waals surface area contributed by atoms with Gasteiger partial charge in [-0.15, -0.1) is 0 Å². The fraction of sp³-hybridized carbons (Fsp3) is 0.333. The van der Waals surface area contributed by atoms with Crippen molar-refractivity contribution in [1.82, 2.24) is 0 Å². The van der Waals surface area contributed by atoms with E-state index in [2.05, 4.69) is 29.6 Å². The van der Waals surface area contributed by atoms with Crippen molar-refractivity contribution in [3.8, 4) is 5.75 Å². The Labute approximate surface area is 120 Å². The maximum atomic E-state index is 5.24. The zero-order chi connectivity index (χ0) is 13.8. The van der Waals surface area contributed by atoms with Gasteiger partial charge in [-0.2, -0.15) is 0 Å². The molecule has 0 saturated heterocycles. The Morgan fingerprint density at radius 3 is 2.70 bits per heavy atom. The number of benzene rings is 2. The molecule has 0 bridgehead atoms. The van der Waals surface area contributed by atoms with E-state index >= 15 is 0 Å².